The van der Waals surface area contributed by atoms with Crippen LogP contribution in [0.15, 0.2) is 48.5 Å². The lowest BCUT2D eigenvalue weighted by atomic mass is 9.96. The molecule has 22 heavy (non-hydrogen) atoms. The summed E-state index contributed by atoms with van der Waals surface area (Å²) in [7, 11) is 0. The molecule has 0 aliphatic heterocycles. The maximum Gasteiger partial charge on any atom is 0.319 e. The molecule has 114 valence electrons. The Morgan fingerprint density at radius 3 is 2.32 bits per heavy atom. The smallest absolute Gasteiger partial charge is 0.319 e. The molecule has 1 saturated carbocycles. The van der Waals surface area contributed by atoms with E-state index in [1.807, 2.05) is 43.3 Å². The Labute approximate surface area is 129 Å². The first-order chi connectivity index (χ1) is 10.6. The minimum absolute atomic E-state index is 0.0294. The summed E-state index contributed by atoms with van der Waals surface area (Å²) in [4.78, 5) is 12.0. The van der Waals surface area contributed by atoms with Crippen LogP contribution in [0.5, 0.6) is 0 Å². The highest BCUT2D eigenvalue weighted by molar-refractivity contribution is 5.89. The van der Waals surface area contributed by atoms with E-state index in [-0.39, 0.29) is 17.3 Å². The molecule has 2 N–H and O–H groups in total. The number of hydrogen-bond acceptors (Lipinski definition) is 1. The van der Waals surface area contributed by atoms with Crippen LogP contribution in [0.1, 0.15) is 24.0 Å². The summed E-state index contributed by atoms with van der Waals surface area (Å²) in [5, 5.41) is 5.74. The van der Waals surface area contributed by atoms with Gasteiger partial charge in [-0.05, 0) is 49.6 Å². The van der Waals surface area contributed by atoms with Gasteiger partial charge < -0.3 is 10.6 Å². The zero-order chi connectivity index (χ0) is 15.6. The zero-order valence-electron chi connectivity index (χ0n) is 12.5. The number of rotatable bonds is 4. The molecule has 4 heteroatoms. The maximum atomic E-state index is 13.0. The second-order valence-corrected chi connectivity index (χ2v) is 5.96. The topological polar surface area (TPSA) is 41.1 Å². The van der Waals surface area contributed by atoms with Gasteiger partial charge in [0, 0.05) is 17.6 Å². The van der Waals surface area contributed by atoms with Gasteiger partial charge >= 0.3 is 6.03 Å². The molecule has 1 aliphatic carbocycles. The average molecular weight is 298 g/mol. The van der Waals surface area contributed by atoms with Crippen LogP contribution in [0.4, 0.5) is 14.9 Å². The Balaban J connectivity index is 1.56. The Hall–Kier alpha value is -2.36. The minimum Gasteiger partial charge on any atom is -0.337 e. The van der Waals surface area contributed by atoms with Crippen LogP contribution in [0, 0.1) is 12.7 Å². The molecule has 3 nitrogen and oxygen atoms in total. The van der Waals surface area contributed by atoms with E-state index in [1.54, 1.807) is 0 Å². The molecule has 0 bridgehead atoms. The summed E-state index contributed by atoms with van der Waals surface area (Å²) < 4.78 is 13.0. The molecule has 2 aromatic carbocycles. The molecule has 0 saturated heterocycles. The van der Waals surface area contributed by atoms with Crippen molar-refractivity contribution in [1.82, 2.24) is 5.32 Å². The van der Waals surface area contributed by atoms with Crippen LogP contribution in [-0.4, -0.2) is 12.6 Å². The Bertz CT molecular complexity index is 660. The molecule has 0 unspecified atom stereocenters. The lowest BCUT2D eigenvalue weighted by Crippen LogP contribution is -2.35. The fourth-order valence-corrected chi connectivity index (χ4v) is 2.58. The molecule has 0 aromatic heterocycles. The fourth-order valence-electron chi connectivity index (χ4n) is 2.58. The number of hydrogen-bond donors (Lipinski definition) is 2. The molecule has 0 radical (unpaired) electrons. The number of benzene rings is 2. The molecule has 0 spiro atoms. The summed E-state index contributed by atoms with van der Waals surface area (Å²) >= 11 is 0. The summed E-state index contributed by atoms with van der Waals surface area (Å²) in [6.45, 7) is 2.57. The van der Waals surface area contributed by atoms with Crippen molar-refractivity contribution in [3.05, 3.63) is 65.5 Å². The van der Waals surface area contributed by atoms with Gasteiger partial charge in [-0.2, -0.15) is 0 Å². The molecule has 0 heterocycles. The minimum atomic E-state index is -0.232. The number of nitrogens with one attached hydrogen (secondary N) is 2. The zero-order valence-corrected chi connectivity index (χ0v) is 12.5. The second-order valence-electron chi connectivity index (χ2n) is 5.96. The third-order valence-corrected chi connectivity index (χ3v) is 4.21. The van der Waals surface area contributed by atoms with E-state index in [9.17, 15) is 9.18 Å². The first-order valence-corrected chi connectivity index (χ1v) is 7.45. The van der Waals surface area contributed by atoms with Crippen molar-refractivity contribution in [2.45, 2.75) is 25.2 Å². The van der Waals surface area contributed by atoms with Crippen LogP contribution in [0.2, 0.25) is 0 Å². The first-order valence-electron chi connectivity index (χ1n) is 7.45. The van der Waals surface area contributed by atoms with Gasteiger partial charge in [0.05, 0.1) is 0 Å². The summed E-state index contributed by atoms with van der Waals surface area (Å²) in [6, 6.07) is 14.0. The highest BCUT2D eigenvalue weighted by atomic mass is 19.1. The Morgan fingerprint density at radius 1 is 1.09 bits per heavy atom. The van der Waals surface area contributed by atoms with Gasteiger partial charge in [0.1, 0.15) is 5.82 Å². The predicted octanol–water partition coefficient (Wildman–Crippen LogP) is 3.99. The van der Waals surface area contributed by atoms with Crippen LogP contribution in [0.3, 0.4) is 0 Å². The van der Waals surface area contributed by atoms with Crippen molar-refractivity contribution in [3.8, 4) is 0 Å². The van der Waals surface area contributed by atoms with Crippen LogP contribution < -0.4 is 10.6 Å². The number of anilines is 1. The number of amides is 2. The number of carbonyl (C=O) groups is 1. The lowest BCUT2D eigenvalue weighted by Gasteiger charge is -2.17. The summed E-state index contributed by atoms with van der Waals surface area (Å²) in [5.74, 6) is -0.232. The van der Waals surface area contributed by atoms with Crippen molar-refractivity contribution in [1.29, 1.82) is 0 Å². The van der Waals surface area contributed by atoms with E-state index in [1.165, 1.54) is 12.1 Å². The summed E-state index contributed by atoms with van der Waals surface area (Å²) in [5.41, 5.74) is 2.98. The SMILES string of the molecule is Cc1ccc(NC(=O)NCC2(c3ccc(F)cc3)CC2)cc1. The standard InChI is InChI=1S/C18H19FN2O/c1-13-2-8-16(9-3-13)21-17(22)20-12-18(10-11-18)14-4-6-15(19)7-5-14/h2-9H,10-12H2,1H3,(H2,20,21,22). The van der Waals surface area contributed by atoms with Crippen molar-refractivity contribution in [2.75, 3.05) is 11.9 Å². The van der Waals surface area contributed by atoms with Gasteiger partial charge in [-0.15, -0.1) is 0 Å². The number of carbonyl (C=O) groups excluding carboxylic acids is 1. The van der Waals surface area contributed by atoms with E-state index in [0.29, 0.717) is 6.54 Å². The van der Waals surface area contributed by atoms with Gasteiger partial charge in [-0.25, -0.2) is 9.18 Å². The average Bonchev–Trinajstić information content (AvgIpc) is 3.30. The molecule has 2 amide bonds. The van der Waals surface area contributed by atoms with E-state index in [4.69, 9.17) is 0 Å². The van der Waals surface area contributed by atoms with Gasteiger partial charge in [0.25, 0.3) is 0 Å². The molecular formula is C18H19FN2O. The third-order valence-electron chi connectivity index (χ3n) is 4.21. The maximum absolute atomic E-state index is 13.0. The fraction of sp³-hybridized carbons (Fsp3) is 0.278. The predicted molar refractivity (Wildman–Crippen MR) is 85.5 cm³/mol. The Morgan fingerprint density at radius 2 is 1.73 bits per heavy atom. The van der Waals surface area contributed by atoms with Crippen LogP contribution in [0.25, 0.3) is 0 Å². The van der Waals surface area contributed by atoms with E-state index < -0.39 is 0 Å². The van der Waals surface area contributed by atoms with Crippen LogP contribution in [-0.2, 0) is 5.41 Å². The lowest BCUT2D eigenvalue weighted by molar-refractivity contribution is 0.251. The molecule has 1 aliphatic rings. The van der Waals surface area contributed by atoms with E-state index in [2.05, 4.69) is 10.6 Å². The highest BCUT2D eigenvalue weighted by Crippen LogP contribution is 2.47. The Kier molecular flexibility index (Phi) is 3.84. The molecular weight excluding hydrogens is 279 g/mol. The van der Waals surface area contributed by atoms with Crippen molar-refractivity contribution < 1.29 is 9.18 Å². The highest BCUT2D eigenvalue weighted by Gasteiger charge is 2.44. The number of urea groups is 1. The normalized spacial score (nSPS) is 15.2. The monoisotopic (exact) mass is 298 g/mol. The molecule has 1 fully saturated rings. The molecule has 2 aromatic rings. The van der Waals surface area contributed by atoms with Crippen LogP contribution >= 0.6 is 0 Å². The first kappa shape index (κ1) is 14.6. The van der Waals surface area contributed by atoms with Crippen molar-refractivity contribution in [2.24, 2.45) is 0 Å². The molecule has 3 rings (SSSR count). The number of halogens is 1. The van der Waals surface area contributed by atoms with Crippen molar-refractivity contribution >= 4 is 11.7 Å². The quantitative estimate of drug-likeness (QED) is 0.880. The van der Waals surface area contributed by atoms with Crippen molar-refractivity contribution in [3.63, 3.8) is 0 Å². The summed E-state index contributed by atoms with van der Waals surface area (Å²) in [6.07, 6.45) is 2.03. The van der Waals surface area contributed by atoms with Gasteiger partial charge in [-0.3, -0.25) is 0 Å². The number of aryl methyl sites for hydroxylation is 1. The van der Waals surface area contributed by atoms with Gasteiger partial charge in [0.2, 0.25) is 0 Å². The van der Waals surface area contributed by atoms with E-state index >= 15 is 0 Å². The second kappa shape index (κ2) is 5.79. The third kappa shape index (κ3) is 3.27. The van der Waals surface area contributed by atoms with Gasteiger partial charge in [0.15, 0.2) is 0 Å². The van der Waals surface area contributed by atoms with E-state index in [0.717, 1.165) is 29.7 Å². The van der Waals surface area contributed by atoms with Gasteiger partial charge in [-0.1, -0.05) is 29.8 Å². The largest absolute Gasteiger partial charge is 0.337 e. The molecule has 0 atom stereocenters.